The highest BCUT2D eigenvalue weighted by atomic mass is 35.5. The van der Waals surface area contributed by atoms with Crippen LogP contribution in [-0.2, 0) is 17.6 Å². The van der Waals surface area contributed by atoms with Crippen LogP contribution in [0.4, 0.5) is 0 Å². The van der Waals surface area contributed by atoms with Gasteiger partial charge in [0.1, 0.15) is 0 Å². The Balaban J connectivity index is 1.45. The van der Waals surface area contributed by atoms with Crippen LogP contribution < -0.4 is 5.32 Å². The minimum atomic E-state index is -0.0292. The van der Waals surface area contributed by atoms with E-state index in [2.05, 4.69) is 15.5 Å². The van der Waals surface area contributed by atoms with E-state index < -0.39 is 0 Å². The molecule has 1 N–H and O–H groups in total. The summed E-state index contributed by atoms with van der Waals surface area (Å²) in [4.78, 5) is 16.2. The summed E-state index contributed by atoms with van der Waals surface area (Å²) in [5.41, 5.74) is 1.99. The highest BCUT2D eigenvalue weighted by Crippen LogP contribution is 2.20. The molecule has 0 atom stereocenters. The van der Waals surface area contributed by atoms with E-state index in [9.17, 15) is 4.79 Å². The molecule has 0 saturated carbocycles. The van der Waals surface area contributed by atoms with Gasteiger partial charge in [-0.1, -0.05) is 59.2 Å². The number of carbonyl (C=O) groups excluding carboxylic acids is 1. The van der Waals surface area contributed by atoms with E-state index >= 15 is 0 Å². The average Bonchev–Trinajstić information content (AvgIpc) is 3.10. The second-order valence-electron chi connectivity index (χ2n) is 5.61. The summed E-state index contributed by atoms with van der Waals surface area (Å²) in [6, 6.07) is 17.3. The topological polar surface area (TPSA) is 68.0 Å². The van der Waals surface area contributed by atoms with Gasteiger partial charge in [0.05, 0.1) is 0 Å². The van der Waals surface area contributed by atoms with Crippen molar-refractivity contribution >= 4 is 17.5 Å². The van der Waals surface area contributed by atoms with Crippen molar-refractivity contribution in [2.24, 2.45) is 0 Å². The molecule has 2 aromatic carbocycles. The zero-order valence-electron chi connectivity index (χ0n) is 13.6. The predicted octanol–water partition coefficient (Wildman–Crippen LogP) is 3.68. The van der Waals surface area contributed by atoms with E-state index in [1.54, 1.807) is 12.1 Å². The fraction of sp³-hybridized carbons (Fsp3) is 0.211. The summed E-state index contributed by atoms with van der Waals surface area (Å²) in [5.74, 6) is 0.883. The number of nitrogens with zero attached hydrogens (tertiary/aromatic N) is 2. The number of amides is 1. The molecule has 0 saturated heterocycles. The monoisotopic (exact) mass is 355 g/mol. The average molecular weight is 356 g/mol. The Kier molecular flexibility index (Phi) is 5.80. The first-order valence-corrected chi connectivity index (χ1v) is 8.47. The third-order valence-electron chi connectivity index (χ3n) is 3.70. The van der Waals surface area contributed by atoms with Gasteiger partial charge in [0, 0.05) is 30.0 Å². The van der Waals surface area contributed by atoms with Gasteiger partial charge in [0.25, 0.3) is 0 Å². The van der Waals surface area contributed by atoms with Crippen molar-refractivity contribution in [3.63, 3.8) is 0 Å². The zero-order chi connectivity index (χ0) is 17.5. The number of benzene rings is 2. The van der Waals surface area contributed by atoms with Crippen molar-refractivity contribution in [3.05, 3.63) is 71.1 Å². The number of halogens is 1. The van der Waals surface area contributed by atoms with E-state index in [1.807, 2.05) is 42.5 Å². The summed E-state index contributed by atoms with van der Waals surface area (Å²) in [5, 5.41) is 7.44. The number of hydrogen-bond acceptors (Lipinski definition) is 4. The van der Waals surface area contributed by atoms with E-state index in [0.717, 1.165) is 12.0 Å². The Hall–Kier alpha value is -2.66. The Labute approximate surface area is 151 Å². The van der Waals surface area contributed by atoms with Crippen molar-refractivity contribution in [1.29, 1.82) is 0 Å². The van der Waals surface area contributed by atoms with Gasteiger partial charge < -0.3 is 9.84 Å². The molecular formula is C19H18ClN3O2. The maximum absolute atomic E-state index is 11.9. The number of rotatable bonds is 7. The Morgan fingerprint density at radius 1 is 1.08 bits per heavy atom. The number of carbonyl (C=O) groups is 1. The predicted molar refractivity (Wildman–Crippen MR) is 96.2 cm³/mol. The normalized spacial score (nSPS) is 10.6. The van der Waals surface area contributed by atoms with Crippen molar-refractivity contribution in [3.8, 4) is 11.4 Å². The molecule has 0 spiro atoms. The molecule has 25 heavy (non-hydrogen) atoms. The van der Waals surface area contributed by atoms with Gasteiger partial charge in [-0.3, -0.25) is 4.79 Å². The highest BCUT2D eigenvalue weighted by molar-refractivity contribution is 6.30. The van der Waals surface area contributed by atoms with Crippen LogP contribution in [0, 0.1) is 0 Å². The van der Waals surface area contributed by atoms with Crippen LogP contribution in [0.15, 0.2) is 59.1 Å². The Morgan fingerprint density at radius 2 is 1.92 bits per heavy atom. The molecule has 0 aliphatic carbocycles. The molecule has 0 radical (unpaired) electrons. The highest BCUT2D eigenvalue weighted by Gasteiger charge is 2.10. The summed E-state index contributed by atoms with van der Waals surface area (Å²) in [6.07, 6.45) is 1.53. The lowest BCUT2D eigenvalue weighted by atomic mass is 10.1. The summed E-state index contributed by atoms with van der Waals surface area (Å²) < 4.78 is 5.20. The maximum atomic E-state index is 11.9. The lowest BCUT2D eigenvalue weighted by molar-refractivity contribution is -0.121. The van der Waals surface area contributed by atoms with Gasteiger partial charge in [-0.05, 0) is 24.1 Å². The van der Waals surface area contributed by atoms with Crippen LogP contribution in [-0.4, -0.2) is 22.6 Å². The standard InChI is InChI=1S/C19H18ClN3O2/c20-16-8-4-7-15(13-16)19-22-18(25-23-19)10-9-17(24)21-12-11-14-5-2-1-3-6-14/h1-8,13H,9-12H2,(H,21,24). The third kappa shape index (κ3) is 5.16. The molecule has 0 bridgehead atoms. The van der Waals surface area contributed by atoms with Gasteiger partial charge in [-0.15, -0.1) is 0 Å². The molecule has 1 amide bonds. The van der Waals surface area contributed by atoms with Crippen LogP contribution in [0.2, 0.25) is 5.02 Å². The fourth-order valence-electron chi connectivity index (χ4n) is 2.40. The molecular weight excluding hydrogens is 338 g/mol. The van der Waals surface area contributed by atoms with E-state index in [4.69, 9.17) is 16.1 Å². The van der Waals surface area contributed by atoms with Crippen molar-refractivity contribution in [2.45, 2.75) is 19.3 Å². The molecule has 3 rings (SSSR count). The quantitative estimate of drug-likeness (QED) is 0.702. The third-order valence-corrected chi connectivity index (χ3v) is 3.93. The molecule has 0 aliphatic rings. The lowest BCUT2D eigenvalue weighted by Gasteiger charge is -2.04. The minimum absolute atomic E-state index is 0.0292. The molecule has 3 aromatic rings. The Morgan fingerprint density at radius 3 is 2.72 bits per heavy atom. The number of aryl methyl sites for hydroxylation is 1. The second kappa shape index (κ2) is 8.44. The minimum Gasteiger partial charge on any atom is -0.356 e. The van der Waals surface area contributed by atoms with Crippen LogP contribution >= 0.6 is 11.6 Å². The first-order valence-electron chi connectivity index (χ1n) is 8.10. The van der Waals surface area contributed by atoms with Crippen LogP contribution in [0.1, 0.15) is 17.9 Å². The SMILES string of the molecule is O=C(CCc1nc(-c2cccc(Cl)c2)no1)NCCc1ccccc1. The first-order chi connectivity index (χ1) is 12.2. The van der Waals surface area contributed by atoms with Crippen LogP contribution in [0.25, 0.3) is 11.4 Å². The van der Waals surface area contributed by atoms with Gasteiger partial charge in [-0.2, -0.15) is 4.98 Å². The largest absolute Gasteiger partial charge is 0.356 e. The fourth-order valence-corrected chi connectivity index (χ4v) is 2.59. The summed E-state index contributed by atoms with van der Waals surface area (Å²) in [7, 11) is 0. The number of aromatic nitrogens is 2. The molecule has 1 aromatic heterocycles. The van der Waals surface area contributed by atoms with Crippen molar-refractivity contribution in [1.82, 2.24) is 15.5 Å². The van der Waals surface area contributed by atoms with Gasteiger partial charge in [0.15, 0.2) is 0 Å². The smallest absolute Gasteiger partial charge is 0.227 e. The van der Waals surface area contributed by atoms with E-state index in [-0.39, 0.29) is 5.91 Å². The zero-order valence-corrected chi connectivity index (χ0v) is 14.4. The van der Waals surface area contributed by atoms with Gasteiger partial charge in [0.2, 0.25) is 17.6 Å². The second-order valence-corrected chi connectivity index (χ2v) is 6.04. The molecule has 6 heteroatoms. The molecule has 1 heterocycles. The van der Waals surface area contributed by atoms with Crippen LogP contribution in [0.5, 0.6) is 0 Å². The number of nitrogens with one attached hydrogen (secondary N) is 1. The van der Waals surface area contributed by atoms with Crippen LogP contribution in [0.3, 0.4) is 0 Å². The number of hydrogen-bond donors (Lipinski definition) is 1. The van der Waals surface area contributed by atoms with Crippen molar-refractivity contribution < 1.29 is 9.32 Å². The summed E-state index contributed by atoms with van der Waals surface area (Å²) >= 11 is 5.96. The summed E-state index contributed by atoms with van der Waals surface area (Å²) in [6.45, 7) is 0.612. The molecule has 0 unspecified atom stereocenters. The van der Waals surface area contributed by atoms with E-state index in [0.29, 0.717) is 36.1 Å². The lowest BCUT2D eigenvalue weighted by Crippen LogP contribution is -2.25. The van der Waals surface area contributed by atoms with Gasteiger partial charge in [-0.25, -0.2) is 0 Å². The molecule has 0 fully saturated rings. The molecule has 5 nitrogen and oxygen atoms in total. The Bertz CT molecular complexity index is 833. The maximum Gasteiger partial charge on any atom is 0.227 e. The van der Waals surface area contributed by atoms with Crippen molar-refractivity contribution in [2.75, 3.05) is 6.54 Å². The van der Waals surface area contributed by atoms with Gasteiger partial charge >= 0.3 is 0 Å². The molecule has 128 valence electrons. The first kappa shape index (κ1) is 17.2. The van der Waals surface area contributed by atoms with E-state index in [1.165, 1.54) is 5.56 Å². The molecule has 0 aliphatic heterocycles.